The van der Waals surface area contributed by atoms with E-state index in [1.807, 2.05) is 6.92 Å². The number of rotatable bonds is 5. The lowest BCUT2D eigenvalue weighted by atomic mass is 10.3. The molecule has 4 nitrogen and oxygen atoms in total. The average Bonchev–Trinajstić information content (AvgIpc) is 2.27. The third-order valence-corrected chi connectivity index (χ3v) is 2.21. The largest absolute Gasteiger partial charge is 0.460 e. The van der Waals surface area contributed by atoms with Crippen LogP contribution >= 0.6 is 23.2 Å². The van der Waals surface area contributed by atoms with Crippen LogP contribution in [0.4, 0.5) is 0 Å². The van der Waals surface area contributed by atoms with E-state index in [0.717, 1.165) is 0 Å². The molecule has 0 atom stereocenters. The summed E-state index contributed by atoms with van der Waals surface area (Å²) in [6.07, 6.45) is 1.31. The van der Waals surface area contributed by atoms with Crippen LogP contribution < -0.4 is 0 Å². The van der Waals surface area contributed by atoms with Crippen LogP contribution in [0.1, 0.15) is 17.3 Å². The summed E-state index contributed by atoms with van der Waals surface area (Å²) in [6.45, 7) is 2.99. The van der Waals surface area contributed by atoms with Crippen LogP contribution in [0.5, 0.6) is 0 Å². The maximum atomic E-state index is 11.5. The fourth-order valence-electron chi connectivity index (χ4n) is 0.985. The Morgan fingerprint density at radius 1 is 1.44 bits per heavy atom. The topological polar surface area (TPSA) is 48.4 Å². The summed E-state index contributed by atoms with van der Waals surface area (Å²) in [6, 6.07) is 1.37. The van der Waals surface area contributed by atoms with E-state index in [2.05, 4.69) is 4.98 Å². The number of halogens is 2. The highest BCUT2D eigenvalue weighted by Gasteiger charge is 2.12. The first-order valence-corrected chi connectivity index (χ1v) is 5.46. The number of hydrogen-bond donors (Lipinski definition) is 0. The number of carbonyl (C=O) groups is 1. The summed E-state index contributed by atoms with van der Waals surface area (Å²) in [7, 11) is 0. The summed E-state index contributed by atoms with van der Waals surface area (Å²) in [4.78, 5) is 15.3. The molecule has 0 aliphatic heterocycles. The lowest BCUT2D eigenvalue weighted by Gasteiger charge is -2.06. The zero-order valence-electron chi connectivity index (χ0n) is 8.70. The first-order valence-electron chi connectivity index (χ1n) is 4.71. The molecule has 0 bridgehead atoms. The second-order valence-electron chi connectivity index (χ2n) is 2.82. The lowest BCUT2D eigenvalue weighted by Crippen LogP contribution is -2.11. The van der Waals surface area contributed by atoms with Crippen molar-refractivity contribution < 1.29 is 14.3 Å². The Morgan fingerprint density at radius 2 is 2.19 bits per heavy atom. The summed E-state index contributed by atoms with van der Waals surface area (Å²) in [5, 5.41) is 0.409. The molecule has 0 saturated heterocycles. The molecule has 0 saturated carbocycles. The van der Waals surface area contributed by atoms with Crippen molar-refractivity contribution in [1.29, 1.82) is 0 Å². The number of carbonyl (C=O) groups excluding carboxylic acids is 1. The van der Waals surface area contributed by atoms with E-state index in [4.69, 9.17) is 32.7 Å². The molecular weight excluding hydrogens is 253 g/mol. The van der Waals surface area contributed by atoms with Gasteiger partial charge in [-0.25, -0.2) is 9.78 Å². The number of pyridine rings is 1. The van der Waals surface area contributed by atoms with Gasteiger partial charge in [-0.3, -0.25) is 0 Å². The Kier molecular flexibility index (Phi) is 5.52. The van der Waals surface area contributed by atoms with Crippen molar-refractivity contribution in [1.82, 2.24) is 4.98 Å². The summed E-state index contributed by atoms with van der Waals surface area (Å²) >= 11 is 11.4. The Bertz CT molecular complexity index is 371. The van der Waals surface area contributed by atoms with Crippen molar-refractivity contribution >= 4 is 29.2 Å². The smallest absolute Gasteiger partial charge is 0.339 e. The molecule has 0 aliphatic carbocycles. The van der Waals surface area contributed by atoms with Crippen LogP contribution in [0.2, 0.25) is 10.2 Å². The molecule has 0 fully saturated rings. The molecule has 0 unspecified atom stereocenters. The van der Waals surface area contributed by atoms with E-state index in [1.54, 1.807) is 0 Å². The molecule has 88 valence electrons. The van der Waals surface area contributed by atoms with Gasteiger partial charge >= 0.3 is 5.97 Å². The normalized spacial score (nSPS) is 10.2. The van der Waals surface area contributed by atoms with Crippen LogP contribution in [-0.4, -0.2) is 30.8 Å². The van der Waals surface area contributed by atoms with Crippen LogP contribution in [0.25, 0.3) is 0 Å². The predicted molar refractivity (Wildman–Crippen MR) is 61.0 cm³/mol. The third kappa shape index (κ3) is 3.96. The molecule has 16 heavy (non-hydrogen) atoms. The quantitative estimate of drug-likeness (QED) is 0.466. The fraction of sp³-hybridized carbons (Fsp3) is 0.400. The van der Waals surface area contributed by atoms with Gasteiger partial charge in [0.2, 0.25) is 0 Å². The number of aromatic nitrogens is 1. The van der Waals surface area contributed by atoms with Crippen LogP contribution in [0, 0.1) is 0 Å². The van der Waals surface area contributed by atoms with E-state index in [9.17, 15) is 4.79 Å². The Balaban J connectivity index is 2.55. The standard InChI is InChI=1S/C10H11Cl2NO3/c1-2-15-3-4-16-10(14)7-5-9(12)13-6-8(7)11/h5-6H,2-4H2,1H3. The minimum absolute atomic E-state index is 0.183. The van der Waals surface area contributed by atoms with Gasteiger partial charge in [-0.1, -0.05) is 23.2 Å². The van der Waals surface area contributed by atoms with Gasteiger partial charge in [0.1, 0.15) is 11.8 Å². The van der Waals surface area contributed by atoms with Crippen molar-refractivity contribution in [3.05, 3.63) is 28.0 Å². The van der Waals surface area contributed by atoms with E-state index >= 15 is 0 Å². The number of nitrogens with zero attached hydrogens (tertiary/aromatic N) is 1. The average molecular weight is 264 g/mol. The zero-order valence-corrected chi connectivity index (χ0v) is 10.2. The van der Waals surface area contributed by atoms with E-state index < -0.39 is 5.97 Å². The third-order valence-electron chi connectivity index (χ3n) is 1.71. The van der Waals surface area contributed by atoms with Crippen molar-refractivity contribution in [2.24, 2.45) is 0 Å². The maximum absolute atomic E-state index is 11.5. The highest BCUT2D eigenvalue weighted by molar-refractivity contribution is 6.34. The van der Waals surface area contributed by atoms with E-state index in [1.165, 1.54) is 12.3 Å². The molecule has 1 heterocycles. The van der Waals surface area contributed by atoms with Gasteiger partial charge in [0.15, 0.2) is 0 Å². The van der Waals surface area contributed by atoms with Crippen molar-refractivity contribution in [2.45, 2.75) is 6.92 Å². The Morgan fingerprint density at radius 3 is 2.88 bits per heavy atom. The van der Waals surface area contributed by atoms with Gasteiger partial charge in [-0.05, 0) is 13.0 Å². The molecule has 0 aliphatic rings. The first-order chi connectivity index (χ1) is 7.65. The molecule has 0 aromatic carbocycles. The van der Waals surface area contributed by atoms with E-state index in [-0.39, 0.29) is 22.3 Å². The second kappa shape index (κ2) is 6.68. The first kappa shape index (κ1) is 13.2. The number of hydrogen-bond acceptors (Lipinski definition) is 4. The second-order valence-corrected chi connectivity index (χ2v) is 3.61. The summed E-state index contributed by atoms with van der Waals surface area (Å²) in [5.74, 6) is -0.533. The SMILES string of the molecule is CCOCCOC(=O)c1cc(Cl)ncc1Cl. The molecule has 0 spiro atoms. The van der Waals surface area contributed by atoms with Crippen LogP contribution in [-0.2, 0) is 9.47 Å². The molecule has 0 radical (unpaired) electrons. The highest BCUT2D eigenvalue weighted by atomic mass is 35.5. The molecule has 6 heteroatoms. The number of ether oxygens (including phenoxy) is 2. The van der Waals surface area contributed by atoms with Crippen LogP contribution in [0.3, 0.4) is 0 Å². The van der Waals surface area contributed by atoms with Crippen molar-refractivity contribution in [3.8, 4) is 0 Å². The number of esters is 1. The van der Waals surface area contributed by atoms with Crippen molar-refractivity contribution in [2.75, 3.05) is 19.8 Å². The van der Waals surface area contributed by atoms with Gasteiger partial charge in [-0.15, -0.1) is 0 Å². The zero-order chi connectivity index (χ0) is 12.0. The molecule has 0 amide bonds. The van der Waals surface area contributed by atoms with Crippen molar-refractivity contribution in [3.63, 3.8) is 0 Å². The predicted octanol–water partition coefficient (Wildman–Crippen LogP) is 2.58. The van der Waals surface area contributed by atoms with Gasteiger partial charge in [0.05, 0.1) is 17.2 Å². The lowest BCUT2D eigenvalue weighted by molar-refractivity contribution is 0.0335. The molecule has 1 aromatic heterocycles. The van der Waals surface area contributed by atoms with Crippen LogP contribution in [0.15, 0.2) is 12.3 Å². The van der Waals surface area contributed by atoms with Gasteiger partial charge in [0, 0.05) is 12.8 Å². The minimum atomic E-state index is -0.533. The summed E-state index contributed by atoms with van der Waals surface area (Å²) < 4.78 is 9.96. The van der Waals surface area contributed by atoms with E-state index in [0.29, 0.717) is 13.2 Å². The maximum Gasteiger partial charge on any atom is 0.339 e. The molecule has 1 aromatic rings. The molecular formula is C10H11Cl2NO3. The van der Waals surface area contributed by atoms with Gasteiger partial charge in [-0.2, -0.15) is 0 Å². The van der Waals surface area contributed by atoms with Gasteiger partial charge < -0.3 is 9.47 Å². The highest BCUT2D eigenvalue weighted by Crippen LogP contribution is 2.18. The molecule has 0 N–H and O–H groups in total. The fourth-order valence-corrected chi connectivity index (χ4v) is 1.32. The molecule has 1 rings (SSSR count). The monoisotopic (exact) mass is 263 g/mol. The Labute approximate surface area is 103 Å². The summed E-state index contributed by atoms with van der Waals surface area (Å²) in [5.41, 5.74) is 0.207. The Hall–Kier alpha value is -0.840. The van der Waals surface area contributed by atoms with Gasteiger partial charge in [0.25, 0.3) is 0 Å². The minimum Gasteiger partial charge on any atom is -0.460 e.